The summed E-state index contributed by atoms with van der Waals surface area (Å²) in [6.45, 7) is 4.10. The van der Waals surface area contributed by atoms with Crippen molar-refractivity contribution in [3.63, 3.8) is 0 Å². The van der Waals surface area contributed by atoms with E-state index in [1.807, 2.05) is 19.9 Å². The van der Waals surface area contributed by atoms with Gasteiger partial charge in [-0.2, -0.15) is 0 Å². The van der Waals surface area contributed by atoms with Crippen molar-refractivity contribution in [1.29, 1.82) is 0 Å². The smallest absolute Gasteiger partial charge is 0.332 e. The van der Waals surface area contributed by atoms with Crippen LogP contribution < -0.4 is 16.6 Å². The van der Waals surface area contributed by atoms with Gasteiger partial charge in [0.15, 0.2) is 5.78 Å². The Balaban J connectivity index is 2.08. The lowest BCUT2D eigenvalue weighted by Crippen LogP contribution is -2.45. The predicted molar refractivity (Wildman–Crippen MR) is 102 cm³/mol. The first kappa shape index (κ1) is 17.5. The summed E-state index contributed by atoms with van der Waals surface area (Å²) in [6.07, 6.45) is 4.44. The molecule has 7 heteroatoms. The molecular formula is C20H22N4O3. The van der Waals surface area contributed by atoms with E-state index in [4.69, 9.17) is 0 Å². The molecule has 1 N–H and O–H groups in total. The molecule has 0 aromatic carbocycles. The SMILES string of the molecule is Cn1c2c(c(=O)n(C)c1=O)[C@@H](c1cccnc1)C1=C(CC(C)(C)CC1=O)N2. The molecule has 2 aliphatic rings. The summed E-state index contributed by atoms with van der Waals surface area (Å²) in [5, 5.41) is 3.25. The number of ketones is 1. The number of nitrogens with zero attached hydrogens (tertiary/aromatic N) is 3. The summed E-state index contributed by atoms with van der Waals surface area (Å²) in [6, 6.07) is 3.66. The van der Waals surface area contributed by atoms with Gasteiger partial charge < -0.3 is 5.32 Å². The second-order valence-electron chi connectivity index (χ2n) is 8.15. The van der Waals surface area contributed by atoms with Gasteiger partial charge in [-0.3, -0.25) is 23.7 Å². The summed E-state index contributed by atoms with van der Waals surface area (Å²) in [7, 11) is 3.09. The number of fused-ring (bicyclic) bond motifs is 1. The second kappa shape index (κ2) is 5.77. The number of carbonyl (C=O) groups excluding carboxylic acids is 1. The molecule has 1 aliphatic carbocycles. The molecule has 3 heterocycles. The number of aromatic nitrogens is 3. The van der Waals surface area contributed by atoms with E-state index >= 15 is 0 Å². The first-order valence-electron chi connectivity index (χ1n) is 8.94. The van der Waals surface area contributed by atoms with E-state index < -0.39 is 17.2 Å². The van der Waals surface area contributed by atoms with Crippen molar-refractivity contribution in [3.8, 4) is 0 Å². The van der Waals surface area contributed by atoms with Crippen LogP contribution in [0.2, 0.25) is 0 Å². The summed E-state index contributed by atoms with van der Waals surface area (Å²) < 4.78 is 2.53. The van der Waals surface area contributed by atoms with Gasteiger partial charge in [0.05, 0.1) is 5.56 Å². The molecule has 27 heavy (non-hydrogen) atoms. The van der Waals surface area contributed by atoms with Crippen LogP contribution in [0.15, 0.2) is 45.4 Å². The van der Waals surface area contributed by atoms with Crippen LogP contribution in [0.25, 0.3) is 0 Å². The largest absolute Gasteiger partial charge is 0.344 e. The van der Waals surface area contributed by atoms with Crippen LogP contribution in [0, 0.1) is 5.41 Å². The number of hydrogen-bond donors (Lipinski definition) is 1. The fourth-order valence-corrected chi connectivity index (χ4v) is 4.23. The summed E-state index contributed by atoms with van der Waals surface area (Å²) >= 11 is 0. The topological polar surface area (TPSA) is 86.0 Å². The maximum Gasteiger partial charge on any atom is 0.332 e. The van der Waals surface area contributed by atoms with Crippen LogP contribution in [0.5, 0.6) is 0 Å². The van der Waals surface area contributed by atoms with Gasteiger partial charge in [0.2, 0.25) is 0 Å². The maximum atomic E-state index is 13.1. The van der Waals surface area contributed by atoms with Crippen LogP contribution in [0.3, 0.4) is 0 Å². The molecule has 7 nitrogen and oxygen atoms in total. The predicted octanol–water partition coefficient (Wildman–Crippen LogP) is 1.68. The Morgan fingerprint density at radius 2 is 1.89 bits per heavy atom. The monoisotopic (exact) mass is 366 g/mol. The van der Waals surface area contributed by atoms with E-state index in [2.05, 4.69) is 10.3 Å². The van der Waals surface area contributed by atoms with Crippen molar-refractivity contribution < 1.29 is 4.79 Å². The fourth-order valence-electron chi connectivity index (χ4n) is 4.23. The number of Topliss-reactive ketones (excluding diaryl/α,β-unsaturated/α-hetero) is 1. The number of pyridine rings is 1. The van der Waals surface area contributed by atoms with E-state index in [-0.39, 0.29) is 11.2 Å². The van der Waals surface area contributed by atoms with Crippen molar-refractivity contribution in [2.45, 2.75) is 32.6 Å². The molecule has 2 aromatic rings. The Hall–Kier alpha value is -2.96. The van der Waals surface area contributed by atoms with Crippen molar-refractivity contribution >= 4 is 11.6 Å². The van der Waals surface area contributed by atoms with Crippen molar-refractivity contribution in [1.82, 2.24) is 14.1 Å². The molecular weight excluding hydrogens is 344 g/mol. The molecule has 2 aromatic heterocycles. The van der Waals surface area contributed by atoms with Crippen LogP contribution in [-0.2, 0) is 18.9 Å². The van der Waals surface area contributed by atoms with Gasteiger partial charge in [-0.05, 0) is 23.5 Å². The lowest BCUT2D eigenvalue weighted by molar-refractivity contribution is -0.118. The van der Waals surface area contributed by atoms with E-state index in [0.29, 0.717) is 29.8 Å². The highest BCUT2D eigenvalue weighted by atomic mass is 16.2. The zero-order valence-corrected chi connectivity index (χ0v) is 15.9. The second-order valence-corrected chi connectivity index (χ2v) is 8.15. The third kappa shape index (κ3) is 2.57. The Bertz CT molecular complexity index is 1110. The van der Waals surface area contributed by atoms with Crippen LogP contribution >= 0.6 is 0 Å². The average Bonchev–Trinajstić information content (AvgIpc) is 2.62. The van der Waals surface area contributed by atoms with Crippen LogP contribution in [0.1, 0.15) is 43.7 Å². The molecule has 0 amide bonds. The summed E-state index contributed by atoms with van der Waals surface area (Å²) in [4.78, 5) is 42.8. The summed E-state index contributed by atoms with van der Waals surface area (Å²) in [5.41, 5.74) is 1.63. The van der Waals surface area contributed by atoms with Gasteiger partial charge in [0.25, 0.3) is 5.56 Å². The van der Waals surface area contributed by atoms with E-state index in [1.165, 1.54) is 11.6 Å². The third-order valence-corrected chi connectivity index (χ3v) is 5.48. The quantitative estimate of drug-likeness (QED) is 0.830. The molecule has 0 radical (unpaired) electrons. The maximum absolute atomic E-state index is 13.1. The molecule has 1 aliphatic heterocycles. The molecule has 140 valence electrons. The Morgan fingerprint density at radius 1 is 1.15 bits per heavy atom. The van der Waals surface area contributed by atoms with Gasteiger partial charge in [-0.15, -0.1) is 0 Å². The molecule has 4 rings (SSSR count). The van der Waals surface area contributed by atoms with Gasteiger partial charge in [-0.25, -0.2) is 4.79 Å². The molecule has 0 bridgehead atoms. The van der Waals surface area contributed by atoms with Gasteiger partial charge in [0.1, 0.15) is 5.82 Å². The molecule has 0 unspecified atom stereocenters. The van der Waals surface area contributed by atoms with Crippen molar-refractivity contribution in [2.24, 2.45) is 19.5 Å². The average molecular weight is 366 g/mol. The fraction of sp³-hybridized carbons (Fsp3) is 0.400. The number of nitrogens with one attached hydrogen (secondary N) is 1. The van der Waals surface area contributed by atoms with E-state index in [0.717, 1.165) is 15.8 Å². The first-order chi connectivity index (χ1) is 12.7. The third-order valence-electron chi connectivity index (χ3n) is 5.48. The van der Waals surface area contributed by atoms with E-state index in [9.17, 15) is 14.4 Å². The summed E-state index contributed by atoms with van der Waals surface area (Å²) in [5.74, 6) is -0.0376. The van der Waals surface area contributed by atoms with Crippen LogP contribution in [0.4, 0.5) is 5.82 Å². The van der Waals surface area contributed by atoms with Gasteiger partial charge >= 0.3 is 5.69 Å². The Labute approximate surface area is 156 Å². The van der Waals surface area contributed by atoms with Gasteiger partial charge in [-0.1, -0.05) is 19.9 Å². The first-order valence-corrected chi connectivity index (χ1v) is 8.94. The minimum Gasteiger partial charge on any atom is -0.344 e. The highest BCUT2D eigenvalue weighted by molar-refractivity contribution is 6.01. The lowest BCUT2D eigenvalue weighted by atomic mass is 9.69. The standard InChI is InChI=1S/C20H22N4O3/c1-20(2)8-12-15(13(25)9-20)14(11-6-5-7-21-10-11)16-17(22-12)23(3)19(27)24(4)18(16)26/h5-7,10,14,22H,8-9H2,1-4H3/t14-/m0/s1. The number of carbonyl (C=O) groups is 1. The molecule has 1 atom stereocenters. The normalized spacial score (nSPS) is 20.7. The molecule has 0 fully saturated rings. The number of hydrogen-bond acceptors (Lipinski definition) is 5. The highest BCUT2D eigenvalue weighted by Gasteiger charge is 2.42. The van der Waals surface area contributed by atoms with Gasteiger partial charge in [0, 0.05) is 50.1 Å². The lowest BCUT2D eigenvalue weighted by Gasteiger charge is -2.39. The zero-order chi connectivity index (χ0) is 19.5. The Kier molecular flexibility index (Phi) is 3.73. The highest BCUT2D eigenvalue weighted by Crippen LogP contribution is 2.47. The minimum atomic E-state index is -0.529. The van der Waals surface area contributed by atoms with Crippen LogP contribution in [-0.4, -0.2) is 19.9 Å². The number of anilines is 1. The van der Waals surface area contributed by atoms with E-state index in [1.54, 1.807) is 25.5 Å². The number of allylic oxidation sites excluding steroid dienone is 2. The molecule has 0 saturated heterocycles. The zero-order valence-electron chi connectivity index (χ0n) is 15.9. The molecule has 0 spiro atoms. The molecule has 0 saturated carbocycles. The number of rotatable bonds is 1. The minimum absolute atomic E-state index is 0.0316. The Morgan fingerprint density at radius 3 is 2.56 bits per heavy atom. The van der Waals surface area contributed by atoms with Crippen molar-refractivity contribution in [3.05, 3.63) is 67.8 Å². The van der Waals surface area contributed by atoms with Crippen molar-refractivity contribution in [2.75, 3.05) is 5.32 Å².